The second-order valence-electron chi connectivity index (χ2n) is 4.80. The van der Waals surface area contributed by atoms with Crippen LogP contribution in [0.25, 0.3) is 0 Å². The lowest BCUT2D eigenvalue weighted by Gasteiger charge is -2.28. The number of aryl methyl sites for hydroxylation is 1. The number of hydrogen-bond acceptors (Lipinski definition) is 5. The van der Waals surface area contributed by atoms with E-state index in [9.17, 15) is 10.1 Å². The SMILES string of the molecule is Cc1ccc([N+](=O)[O-])c(NC2CCNC(C)C2)n1. The Bertz CT molecular complexity index is 450. The van der Waals surface area contributed by atoms with Crippen molar-refractivity contribution in [3.8, 4) is 0 Å². The molecule has 18 heavy (non-hydrogen) atoms. The van der Waals surface area contributed by atoms with E-state index >= 15 is 0 Å². The third kappa shape index (κ3) is 2.95. The average molecular weight is 250 g/mol. The number of anilines is 1. The first kappa shape index (κ1) is 12.8. The van der Waals surface area contributed by atoms with Crippen molar-refractivity contribution < 1.29 is 4.92 Å². The highest BCUT2D eigenvalue weighted by Crippen LogP contribution is 2.24. The molecule has 2 heterocycles. The molecule has 6 nitrogen and oxygen atoms in total. The number of nitro groups is 1. The molecule has 0 aliphatic carbocycles. The van der Waals surface area contributed by atoms with Gasteiger partial charge in [0.25, 0.3) is 0 Å². The quantitative estimate of drug-likeness (QED) is 0.632. The second kappa shape index (κ2) is 5.30. The molecule has 0 spiro atoms. The maximum Gasteiger partial charge on any atom is 0.311 e. The van der Waals surface area contributed by atoms with Crippen molar-refractivity contribution in [2.45, 2.75) is 38.8 Å². The summed E-state index contributed by atoms with van der Waals surface area (Å²) in [6.07, 6.45) is 1.91. The summed E-state index contributed by atoms with van der Waals surface area (Å²) in [5.74, 6) is 0.388. The molecule has 1 aromatic rings. The minimum Gasteiger partial charge on any atom is -0.361 e. The Morgan fingerprint density at radius 3 is 3.00 bits per heavy atom. The van der Waals surface area contributed by atoms with Crippen molar-refractivity contribution in [1.82, 2.24) is 10.3 Å². The molecule has 98 valence electrons. The minimum atomic E-state index is -0.390. The number of rotatable bonds is 3. The molecule has 6 heteroatoms. The van der Waals surface area contributed by atoms with E-state index in [4.69, 9.17) is 0 Å². The smallest absolute Gasteiger partial charge is 0.311 e. The summed E-state index contributed by atoms with van der Waals surface area (Å²) in [7, 11) is 0. The number of piperidine rings is 1. The predicted molar refractivity (Wildman–Crippen MR) is 69.7 cm³/mol. The molecule has 1 saturated heterocycles. The number of hydrogen-bond donors (Lipinski definition) is 2. The van der Waals surface area contributed by atoms with Gasteiger partial charge in [0.2, 0.25) is 5.82 Å². The first-order valence-electron chi connectivity index (χ1n) is 6.18. The lowest BCUT2D eigenvalue weighted by molar-refractivity contribution is -0.384. The van der Waals surface area contributed by atoms with Crippen LogP contribution in [-0.2, 0) is 0 Å². The molecular formula is C12H18N4O2. The Kier molecular flexibility index (Phi) is 3.76. The molecule has 0 aromatic carbocycles. The summed E-state index contributed by atoms with van der Waals surface area (Å²) in [4.78, 5) is 14.8. The van der Waals surface area contributed by atoms with Gasteiger partial charge in [-0.25, -0.2) is 4.98 Å². The Labute approximate surface area is 106 Å². The molecular weight excluding hydrogens is 232 g/mol. The molecule has 2 rings (SSSR count). The molecule has 1 aromatic heterocycles. The lowest BCUT2D eigenvalue weighted by atomic mass is 10.0. The summed E-state index contributed by atoms with van der Waals surface area (Å²) in [6.45, 7) is 4.88. The third-order valence-corrected chi connectivity index (χ3v) is 3.17. The maximum absolute atomic E-state index is 11.0. The van der Waals surface area contributed by atoms with Crippen LogP contribution in [0.2, 0.25) is 0 Å². The number of nitrogens with zero attached hydrogens (tertiary/aromatic N) is 2. The molecule has 1 aliphatic heterocycles. The highest BCUT2D eigenvalue weighted by atomic mass is 16.6. The van der Waals surface area contributed by atoms with Crippen LogP contribution in [0, 0.1) is 17.0 Å². The highest BCUT2D eigenvalue weighted by Gasteiger charge is 2.22. The van der Waals surface area contributed by atoms with Gasteiger partial charge in [0.05, 0.1) is 4.92 Å². The van der Waals surface area contributed by atoms with Crippen LogP contribution in [0.3, 0.4) is 0 Å². The molecule has 0 saturated carbocycles. The van der Waals surface area contributed by atoms with E-state index in [0.717, 1.165) is 25.1 Å². The van der Waals surface area contributed by atoms with E-state index in [0.29, 0.717) is 11.9 Å². The van der Waals surface area contributed by atoms with Crippen LogP contribution in [0.1, 0.15) is 25.5 Å². The summed E-state index contributed by atoms with van der Waals surface area (Å²) in [5, 5.41) is 17.5. The van der Waals surface area contributed by atoms with E-state index in [1.807, 2.05) is 6.92 Å². The van der Waals surface area contributed by atoms with Crippen LogP contribution in [-0.4, -0.2) is 28.5 Å². The Morgan fingerprint density at radius 1 is 1.56 bits per heavy atom. The van der Waals surface area contributed by atoms with Crippen molar-refractivity contribution in [1.29, 1.82) is 0 Å². The number of pyridine rings is 1. The fourth-order valence-corrected chi connectivity index (χ4v) is 2.26. The number of nitrogens with one attached hydrogen (secondary N) is 2. The van der Waals surface area contributed by atoms with Crippen molar-refractivity contribution in [3.63, 3.8) is 0 Å². The summed E-state index contributed by atoms with van der Waals surface area (Å²) < 4.78 is 0. The second-order valence-corrected chi connectivity index (χ2v) is 4.80. The van der Waals surface area contributed by atoms with Crippen molar-refractivity contribution >= 4 is 11.5 Å². The molecule has 0 radical (unpaired) electrons. The summed E-state index contributed by atoms with van der Waals surface area (Å²) in [6, 6.07) is 3.85. The standard InChI is InChI=1S/C12H18N4O2/c1-8-3-4-11(16(17)18)12(14-8)15-10-5-6-13-9(2)7-10/h3-4,9-10,13H,5-7H2,1-2H3,(H,14,15). The zero-order valence-electron chi connectivity index (χ0n) is 10.6. The van der Waals surface area contributed by atoms with E-state index in [-0.39, 0.29) is 16.7 Å². The zero-order valence-corrected chi connectivity index (χ0v) is 10.6. The molecule has 0 bridgehead atoms. The minimum absolute atomic E-state index is 0.0479. The fourth-order valence-electron chi connectivity index (χ4n) is 2.26. The molecule has 2 atom stereocenters. The van der Waals surface area contributed by atoms with Crippen LogP contribution in [0.5, 0.6) is 0 Å². The van der Waals surface area contributed by atoms with Crippen molar-refractivity contribution in [3.05, 3.63) is 27.9 Å². The van der Waals surface area contributed by atoms with Crippen LogP contribution in [0.4, 0.5) is 11.5 Å². The first-order valence-corrected chi connectivity index (χ1v) is 6.18. The van der Waals surface area contributed by atoms with Crippen LogP contribution >= 0.6 is 0 Å². The van der Waals surface area contributed by atoms with Gasteiger partial charge >= 0.3 is 5.69 Å². The van der Waals surface area contributed by atoms with Gasteiger partial charge in [-0.3, -0.25) is 10.1 Å². The lowest BCUT2D eigenvalue weighted by Crippen LogP contribution is -2.41. The Morgan fingerprint density at radius 2 is 2.33 bits per heavy atom. The van der Waals surface area contributed by atoms with E-state index < -0.39 is 0 Å². The molecule has 1 fully saturated rings. The van der Waals surface area contributed by atoms with Crippen LogP contribution < -0.4 is 10.6 Å². The van der Waals surface area contributed by atoms with Gasteiger partial charge in [-0.2, -0.15) is 0 Å². The predicted octanol–water partition coefficient (Wildman–Crippen LogP) is 1.85. The zero-order chi connectivity index (χ0) is 13.1. The third-order valence-electron chi connectivity index (χ3n) is 3.17. The fraction of sp³-hybridized carbons (Fsp3) is 0.583. The van der Waals surface area contributed by atoms with Gasteiger partial charge < -0.3 is 10.6 Å². The van der Waals surface area contributed by atoms with Gasteiger partial charge in [0, 0.05) is 23.8 Å². The topological polar surface area (TPSA) is 80.1 Å². The molecule has 2 N–H and O–H groups in total. The van der Waals surface area contributed by atoms with Gasteiger partial charge in [-0.15, -0.1) is 0 Å². The summed E-state index contributed by atoms with van der Waals surface area (Å²) in [5.41, 5.74) is 0.830. The normalized spacial score (nSPS) is 23.7. The van der Waals surface area contributed by atoms with Crippen LogP contribution in [0.15, 0.2) is 12.1 Å². The van der Waals surface area contributed by atoms with Gasteiger partial charge in [-0.1, -0.05) is 0 Å². The van der Waals surface area contributed by atoms with E-state index in [2.05, 4.69) is 22.5 Å². The summed E-state index contributed by atoms with van der Waals surface area (Å²) >= 11 is 0. The van der Waals surface area contributed by atoms with Crippen molar-refractivity contribution in [2.24, 2.45) is 0 Å². The molecule has 2 unspecified atom stereocenters. The van der Waals surface area contributed by atoms with E-state index in [1.165, 1.54) is 6.07 Å². The van der Waals surface area contributed by atoms with Gasteiger partial charge in [-0.05, 0) is 39.3 Å². The van der Waals surface area contributed by atoms with Gasteiger partial charge in [0.15, 0.2) is 0 Å². The Hall–Kier alpha value is -1.69. The van der Waals surface area contributed by atoms with E-state index in [1.54, 1.807) is 6.07 Å². The molecule has 1 aliphatic rings. The average Bonchev–Trinajstić information content (AvgIpc) is 2.28. The first-order chi connectivity index (χ1) is 8.56. The number of aromatic nitrogens is 1. The Balaban J connectivity index is 2.16. The maximum atomic E-state index is 11.0. The van der Waals surface area contributed by atoms with Gasteiger partial charge in [0.1, 0.15) is 0 Å². The highest BCUT2D eigenvalue weighted by molar-refractivity contribution is 5.56. The molecule has 0 amide bonds. The van der Waals surface area contributed by atoms with Crippen molar-refractivity contribution in [2.75, 3.05) is 11.9 Å². The monoisotopic (exact) mass is 250 g/mol. The largest absolute Gasteiger partial charge is 0.361 e.